The fraction of sp³-hybridized carbons (Fsp3) is 0.556. The van der Waals surface area contributed by atoms with Crippen LogP contribution in [0.2, 0.25) is 0 Å². The number of nitrogens with zero attached hydrogens (tertiary/aromatic N) is 2. The number of ether oxygens (including phenoxy) is 2. The van der Waals surface area contributed by atoms with Crippen LogP contribution in [-0.4, -0.2) is 84.0 Å². The van der Waals surface area contributed by atoms with Crippen molar-refractivity contribution in [1.29, 1.82) is 0 Å². The first-order chi connectivity index (χ1) is 16.2. The number of aliphatic hydroxyl groups is 3. The lowest BCUT2D eigenvalue weighted by Gasteiger charge is -2.46. The van der Waals surface area contributed by atoms with E-state index in [1.165, 1.54) is 0 Å². The predicted octanol–water partition coefficient (Wildman–Crippen LogP) is 2.52. The highest BCUT2D eigenvalue weighted by atomic mass is 16.5. The van der Waals surface area contributed by atoms with Crippen molar-refractivity contribution in [1.82, 2.24) is 4.90 Å². The van der Waals surface area contributed by atoms with E-state index < -0.39 is 17.3 Å². The molecule has 2 fully saturated rings. The molecule has 4 rings (SSSR count). The molecule has 2 aliphatic rings. The summed E-state index contributed by atoms with van der Waals surface area (Å²) in [4.78, 5) is 4.35. The Morgan fingerprint density at radius 3 is 2.21 bits per heavy atom. The Bertz CT molecular complexity index is 938. The zero-order valence-corrected chi connectivity index (χ0v) is 20.5. The van der Waals surface area contributed by atoms with Gasteiger partial charge in [-0.2, -0.15) is 0 Å². The Labute approximate surface area is 202 Å². The lowest BCUT2D eigenvalue weighted by atomic mass is 9.86. The Morgan fingerprint density at radius 1 is 0.941 bits per heavy atom. The van der Waals surface area contributed by atoms with Gasteiger partial charge in [0.15, 0.2) is 0 Å². The molecule has 2 heterocycles. The van der Waals surface area contributed by atoms with Crippen molar-refractivity contribution in [3.8, 4) is 11.5 Å². The number of hydrogen-bond acceptors (Lipinski definition) is 7. The minimum absolute atomic E-state index is 0.0111. The summed E-state index contributed by atoms with van der Waals surface area (Å²) in [5, 5.41) is 33.1. The van der Waals surface area contributed by atoms with Gasteiger partial charge in [-0.1, -0.05) is 6.07 Å². The van der Waals surface area contributed by atoms with Crippen LogP contribution in [0.25, 0.3) is 0 Å². The van der Waals surface area contributed by atoms with Gasteiger partial charge in [0.2, 0.25) is 0 Å². The molecule has 0 bridgehead atoms. The highest BCUT2D eigenvalue weighted by Gasteiger charge is 2.44. The summed E-state index contributed by atoms with van der Waals surface area (Å²) < 4.78 is 11.1. The summed E-state index contributed by atoms with van der Waals surface area (Å²) in [6, 6.07) is 13.9. The molecular formula is C27H38N2O5. The normalized spacial score (nSPS) is 25.2. The van der Waals surface area contributed by atoms with Crippen LogP contribution < -0.4 is 14.4 Å². The maximum Gasteiger partial charge on any atom is 0.137 e. The van der Waals surface area contributed by atoms with Gasteiger partial charge in [0.1, 0.15) is 23.7 Å². The number of aliphatic hydroxyl groups excluding tert-OH is 1. The van der Waals surface area contributed by atoms with E-state index in [-0.39, 0.29) is 13.2 Å². The van der Waals surface area contributed by atoms with E-state index in [0.717, 1.165) is 35.7 Å². The molecule has 3 N–H and O–H groups in total. The number of anilines is 1. The van der Waals surface area contributed by atoms with E-state index >= 15 is 0 Å². The second-order valence-electron chi connectivity index (χ2n) is 10.1. The molecule has 2 aromatic rings. The van der Waals surface area contributed by atoms with Gasteiger partial charge in [-0.05, 0) is 80.6 Å². The minimum Gasteiger partial charge on any atom is -0.497 e. The van der Waals surface area contributed by atoms with Gasteiger partial charge in [-0.15, -0.1) is 0 Å². The maximum atomic E-state index is 11.3. The lowest BCUT2D eigenvalue weighted by Crippen LogP contribution is -2.62. The van der Waals surface area contributed by atoms with Gasteiger partial charge < -0.3 is 29.7 Å². The molecule has 0 spiro atoms. The molecule has 0 radical (unpaired) electrons. The van der Waals surface area contributed by atoms with Crippen molar-refractivity contribution in [3.63, 3.8) is 0 Å². The smallest absolute Gasteiger partial charge is 0.137 e. The molecule has 2 atom stereocenters. The average Bonchev–Trinajstić information content (AvgIpc) is 2.80. The fourth-order valence-corrected chi connectivity index (χ4v) is 5.20. The SMILES string of the molecule is COc1ccc(N2CCC(O)(CN3CC[C@H](O)[C@@](O)(COc4cc(C)cc(C)c4)C3)CC2)cc1. The van der Waals surface area contributed by atoms with Crippen LogP contribution in [0.3, 0.4) is 0 Å². The first-order valence-electron chi connectivity index (χ1n) is 12.1. The second-order valence-corrected chi connectivity index (χ2v) is 10.1. The minimum atomic E-state index is -1.38. The van der Waals surface area contributed by atoms with Crippen molar-refractivity contribution < 1.29 is 24.8 Å². The summed E-state index contributed by atoms with van der Waals surface area (Å²) >= 11 is 0. The topological polar surface area (TPSA) is 85.6 Å². The number of piperidine rings is 2. The Morgan fingerprint density at radius 2 is 1.59 bits per heavy atom. The van der Waals surface area contributed by atoms with E-state index in [1.54, 1.807) is 7.11 Å². The maximum absolute atomic E-state index is 11.3. The van der Waals surface area contributed by atoms with Crippen LogP contribution in [0, 0.1) is 13.8 Å². The van der Waals surface area contributed by atoms with Crippen molar-refractivity contribution in [2.24, 2.45) is 0 Å². The first-order valence-corrected chi connectivity index (χ1v) is 12.1. The number of benzene rings is 2. The fourth-order valence-electron chi connectivity index (χ4n) is 5.20. The number of rotatable bonds is 7. The van der Waals surface area contributed by atoms with Gasteiger partial charge in [0.25, 0.3) is 0 Å². The molecule has 0 saturated carbocycles. The number of methoxy groups -OCH3 is 1. The highest BCUT2D eigenvalue weighted by molar-refractivity contribution is 5.49. The van der Waals surface area contributed by atoms with E-state index in [1.807, 2.05) is 50.2 Å². The molecule has 0 unspecified atom stereocenters. The molecule has 0 aliphatic carbocycles. The lowest BCUT2D eigenvalue weighted by molar-refractivity contribution is -0.149. The van der Waals surface area contributed by atoms with Crippen molar-refractivity contribution in [3.05, 3.63) is 53.6 Å². The van der Waals surface area contributed by atoms with Crippen molar-refractivity contribution in [2.45, 2.75) is 50.4 Å². The summed E-state index contributed by atoms with van der Waals surface area (Å²) in [5.74, 6) is 1.53. The standard InChI is InChI=1S/C27H38N2O5/c1-20-14-21(2)16-24(15-20)34-19-27(32)18-28(11-8-25(27)30)17-26(31)9-12-29(13-10-26)22-4-6-23(33-3)7-5-22/h4-7,14-16,25,30-32H,8-13,17-19H2,1-3H3/t25-,27-/m0/s1. The van der Waals surface area contributed by atoms with E-state index in [2.05, 4.69) is 15.9 Å². The van der Waals surface area contributed by atoms with Crippen molar-refractivity contribution >= 4 is 5.69 Å². The molecule has 2 aliphatic heterocycles. The van der Waals surface area contributed by atoms with Gasteiger partial charge in [0.05, 0.1) is 18.8 Å². The van der Waals surface area contributed by atoms with Crippen molar-refractivity contribution in [2.75, 3.05) is 51.3 Å². The van der Waals surface area contributed by atoms with Crippen LogP contribution in [-0.2, 0) is 0 Å². The third-order valence-corrected chi connectivity index (χ3v) is 7.17. The summed E-state index contributed by atoms with van der Waals surface area (Å²) in [6.07, 6.45) is 0.882. The molecular weight excluding hydrogens is 432 g/mol. The molecule has 7 nitrogen and oxygen atoms in total. The van der Waals surface area contributed by atoms with E-state index in [4.69, 9.17) is 9.47 Å². The summed E-state index contributed by atoms with van der Waals surface area (Å²) in [5.41, 5.74) is 1.12. The zero-order chi connectivity index (χ0) is 24.3. The monoisotopic (exact) mass is 470 g/mol. The Balaban J connectivity index is 1.33. The first kappa shape index (κ1) is 24.8. The molecule has 2 aromatic carbocycles. The molecule has 7 heteroatoms. The summed E-state index contributed by atoms with van der Waals surface area (Å²) in [6.45, 7) is 6.93. The number of β-amino-alcohol motifs (C(OH)–C–C–N with tert-alkyl or cyclic N) is 2. The van der Waals surface area contributed by atoms with Crippen LogP contribution in [0.5, 0.6) is 11.5 Å². The largest absolute Gasteiger partial charge is 0.497 e. The number of aryl methyl sites for hydroxylation is 2. The number of likely N-dealkylation sites (tertiary alicyclic amines) is 1. The van der Waals surface area contributed by atoms with Gasteiger partial charge >= 0.3 is 0 Å². The van der Waals surface area contributed by atoms with E-state index in [0.29, 0.717) is 38.1 Å². The quantitative estimate of drug-likeness (QED) is 0.573. The molecule has 2 saturated heterocycles. The molecule has 186 valence electrons. The van der Waals surface area contributed by atoms with Crippen LogP contribution in [0.4, 0.5) is 5.69 Å². The third kappa shape index (κ3) is 5.84. The van der Waals surface area contributed by atoms with Gasteiger partial charge in [0, 0.05) is 38.4 Å². The number of hydrogen-bond donors (Lipinski definition) is 3. The highest BCUT2D eigenvalue weighted by Crippen LogP contribution is 2.31. The summed E-state index contributed by atoms with van der Waals surface area (Å²) in [7, 11) is 1.66. The Kier molecular flexibility index (Phi) is 7.38. The van der Waals surface area contributed by atoms with E-state index in [9.17, 15) is 15.3 Å². The second kappa shape index (κ2) is 10.1. The van der Waals surface area contributed by atoms with Gasteiger partial charge in [-0.3, -0.25) is 4.90 Å². The predicted molar refractivity (Wildman–Crippen MR) is 133 cm³/mol. The average molecular weight is 471 g/mol. The Hall–Kier alpha value is -2.32. The van der Waals surface area contributed by atoms with Crippen LogP contribution in [0.1, 0.15) is 30.4 Å². The van der Waals surface area contributed by atoms with Crippen LogP contribution >= 0.6 is 0 Å². The molecule has 0 aromatic heterocycles. The molecule has 34 heavy (non-hydrogen) atoms. The molecule has 0 amide bonds. The zero-order valence-electron chi connectivity index (χ0n) is 20.5. The van der Waals surface area contributed by atoms with Gasteiger partial charge in [-0.25, -0.2) is 0 Å². The van der Waals surface area contributed by atoms with Crippen LogP contribution in [0.15, 0.2) is 42.5 Å². The third-order valence-electron chi connectivity index (χ3n) is 7.17.